The molecule has 0 aliphatic rings. The number of phenols is 2. The zero-order valence-corrected chi connectivity index (χ0v) is 7.89. The van der Waals surface area contributed by atoms with Gasteiger partial charge in [0, 0.05) is 5.92 Å². The number of carbonyl (C=O) groups excluding carboxylic acids is 1. The summed E-state index contributed by atoms with van der Waals surface area (Å²) in [7, 11) is 0. The Morgan fingerprint density at radius 2 is 1.69 bits per heavy atom. The van der Waals surface area contributed by atoms with Crippen LogP contribution in [0.15, 0.2) is 12.1 Å². The molecule has 1 amide bonds. The number of amides is 1. The maximum atomic E-state index is 10.6. The third-order valence-electron chi connectivity index (χ3n) is 1.65. The monoisotopic (exact) mass is 221 g/mol. The number of hydrogen-bond donors (Lipinski definition) is 4. The standard InChI is InChI=1S/C10H7NO5/c11-9(14)2-1-6-7(12)3-5(10(15)16)4-8(6)13/h3-4,12-13H,(H2,11,14)(H,15,16). The van der Waals surface area contributed by atoms with Crippen LogP contribution in [0, 0.1) is 11.8 Å². The first-order valence-electron chi connectivity index (χ1n) is 4.02. The lowest BCUT2D eigenvalue weighted by molar-refractivity contribution is -0.112. The summed E-state index contributed by atoms with van der Waals surface area (Å²) in [6.45, 7) is 0. The van der Waals surface area contributed by atoms with Gasteiger partial charge in [0.2, 0.25) is 0 Å². The van der Waals surface area contributed by atoms with Crippen LogP contribution in [0.25, 0.3) is 0 Å². The van der Waals surface area contributed by atoms with Gasteiger partial charge in [0.1, 0.15) is 17.1 Å². The van der Waals surface area contributed by atoms with Gasteiger partial charge in [-0.1, -0.05) is 0 Å². The molecule has 0 aliphatic heterocycles. The van der Waals surface area contributed by atoms with Crippen LogP contribution in [-0.2, 0) is 4.79 Å². The topological polar surface area (TPSA) is 121 Å². The Kier molecular flexibility index (Phi) is 3.01. The van der Waals surface area contributed by atoms with Crippen molar-refractivity contribution in [1.29, 1.82) is 0 Å². The summed E-state index contributed by atoms with van der Waals surface area (Å²) in [4.78, 5) is 20.9. The van der Waals surface area contributed by atoms with Gasteiger partial charge in [-0.05, 0) is 18.1 Å². The van der Waals surface area contributed by atoms with Crippen LogP contribution in [0.5, 0.6) is 11.5 Å². The van der Waals surface area contributed by atoms with Gasteiger partial charge in [-0.25, -0.2) is 4.79 Å². The van der Waals surface area contributed by atoms with Crippen molar-refractivity contribution in [3.8, 4) is 23.3 Å². The molecule has 1 aromatic carbocycles. The lowest BCUT2D eigenvalue weighted by atomic mass is 10.1. The average molecular weight is 221 g/mol. The van der Waals surface area contributed by atoms with Crippen molar-refractivity contribution in [2.45, 2.75) is 0 Å². The van der Waals surface area contributed by atoms with Crippen molar-refractivity contribution < 1.29 is 24.9 Å². The van der Waals surface area contributed by atoms with Gasteiger partial charge in [0.25, 0.3) is 5.91 Å². The van der Waals surface area contributed by atoms with Crippen LogP contribution in [0.3, 0.4) is 0 Å². The molecular weight excluding hydrogens is 214 g/mol. The molecule has 1 rings (SSSR count). The molecule has 0 spiro atoms. The third-order valence-corrected chi connectivity index (χ3v) is 1.65. The average Bonchev–Trinajstić information content (AvgIpc) is 2.15. The van der Waals surface area contributed by atoms with Crippen molar-refractivity contribution >= 4 is 11.9 Å². The molecule has 6 nitrogen and oxygen atoms in total. The normalized spacial score (nSPS) is 9.00. The van der Waals surface area contributed by atoms with E-state index in [1.54, 1.807) is 0 Å². The van der Waals surface area contributed by atoms with Gasteiger partial charge in [-0.2, -0.15) is 0 Å². The Labute approximate surface area is 89.9 Å². The van der Waals surface area contributed by atoms with E-state index in [0.29, 0.717) is 0 Å². The fourth-order valence-electron chi connectivity index (χ4n) is 0.987. The molecule has 6 heteroatoms. The van der Waals surface area contributed by atoms with Crippen molar-refractivity contribution in [2.24, 2.45) is 5.73 Å². The van der Waals surface area contributed by atoms with E-state index < -0.39 is 23.4 Å². The fourth-order valence-corrected chi connectivity index (χ4v) is 0.987. The lowest BCUT2D eigenvalue weighted by Gasteiger charge is -2.02. The van der Waals surface area contributed by atoms with Crippen LogP contribution in [-0.4, -0.2) is 27.2 Å². The number of carboxylic acid groups (broad SMARTS) is 1. The summed E-state index contributed by atoms with van der Waals surface area (Å²) in [5.74, 6) is 0.736. The first kappa shape index (κ1) is 11.4. The van der Waals surface area contributed by atoms with Crippen molar-refractivity contribution in [3.63, 3.8) is 0 Å². The Balaban J connectivity index is 3.30. The van der Waals surface area contributed by atoms with E-state index >= 15 is 0 Å². The molecule has 0 saturated carbocycles. The number of nitrogens with two attached hydrogens (primary N) is 1. The molecule has 0 aliphatic carbocycles. The molecule has 0 fully saturated rings. The molecule has 0 saturated heterocycles. The minimum absolute atomic E-state index is 0.246. The highest BCUT2D eigenvalue weighted by atomic mass is 16.4. The van der Waals surface area contributed by atoms with Gasteiger partial charge in [0.15, 0.2) is 0 Å². The van der Waals surface area contributed by atoms with Gasteiger partial charge >= 0.3 is 5.97 Å². The number of benzene rings is 1. The fraction of sp³-hybridized carbons (Fsp3) is 0. The molecular formula is C10H7NO5. The van der Waals surface area contributed by atoms with E-state index in [2.05, 4.69) is 5.92 Å². The second-order valence-electron chi connectivity index (χ2n) is 2.81. The summed E-state index contributed by atoms with van der Waals surface area (Å²) in [6, 6.07) is 1.82. The minimum Gasteiger partial charge on any atom is -0.506 e. The van der Waals surface area contributed by atoms with Crippen molar-refractivity contribution in [2.75, 3.05) is 0 Å². The molecule has 16 heavy (non-hydrogen) atoms. The molecule has 1 aromatic rings. The maximum Gasteiger partial charge on any atom is 0.335 e. The zero-order chi connectivity index (χ0) is 12.3. The molecule has 0 aromatic heterocycles. The van der Waals surface area contributed by atoms with Crippen molar-refractivity contribution in [1.82, 2.24) is 0 Å². The summed E-state index contributed by atoms with van der Waals surface area (Å²) in [5.41, 5.74) is 4.21. The van der Waals surface area contributed by atoms with Gasteiger partial charge in [-0.3, -0.25) is 4.79 Å². The quantitative estimate of drug-likeness (QED) is 0.482. The number of aromatic carboxylic acids is 1. The van der Waals surface area contributed by atoms with Gasteiger partial charge in [0.05, 0.1) is 5.56 Å². The molecule has 82 valence electrons. The van der Waals surface area contributed by atoms with E-state index in [-0.39, 0.29) is 11.1 Å². The van der Waals surface area contributed by atoms with E-state index in [4.69, 9.17) is 10.8 Å². The number of phenolic OH excluding ortho intramolecular Hbond substituents is 2. The Morgan fingerprint density at radius 1 is 1.19 bits per heavy atom. The highest BCUT2D eigenvalue weighted by Crippen LogP contribution is 2.27. The van der Waals surface area contributed by atoms with Crippen LogP contribution < -0.4 is 5.73 Å². The van der Waals surface area contributed by atoms with E-state index in [1.165, 1.54) is 0 Å². The summed E-state index contributed by atoms with van der Waals surface area (Å²) >= 11 is 0. The largest absolute Gasteiger partial charge is 0.506 e. The zero-order valence-electron chi connectivity index (χ0n) is 7.89. The van der Waals surface area contributed by atoms with Crippen molar-refractivity contribution in [3.05, 3.63) is 23.3 Å². The first-order valence-corrected chi connectivity index (χ1v) is 4.02. The van der Waals surface area contributed by atoms with Gasteiger partial charge < -0.3 is 21.1 Å². The maximum absolute atomic E-state index is 10.6. The molecule has 0 atom stereocenters. The van der Waals surface area contributed by atoms with Crippen LogP contribution in [0.1, 0.15) is 15.9 Å². The van der Waals surface area contributed by atoms with Crippen LogP contribution >= 0.6 is 0 Å². The lowest BCUT2D eigenvalue weighted by Crippen LogP contribution is -2.06. The predicted octanol–water partition coefficient (Wildman–Crippen LogP) is -0.367. The number of carboxylic acids is 1. The van der Waals surface area contributed by atoms with E-state index in [9.17, 15) is 19.8 Å². The Morgan fingerprint density at radius 3 is 2.06 bits per heavy atom. The van der Waals surface area contributed by atoms with Gasteiger partial charge in [-0.15, -0.1) is 0 Å². The second-order valence-corrected chi connectivity index (χ2v) is 2.81. The predicted molar refractivity (Wildman–Crippen MR) is 52.8 cm³/mol. The summed E-state index contributed by atoms with van der Waals surface area (Å²) < 4.78 is 0. The third kappa shape index (κ3) is 2.42. The van der Waals surface area contributed by atoms with Crippen LogP contribution in [0.2, 0.25) is 0 Å². The Hall–Kier alpha value is -2.68. The number of primary amides is 1. The minimum atomic E-state index is -1.31. The number of aromatic hydroxyl groups is 2. The van der Waals surface area contributed by atoms with E-state index in [1.807, 2.05) is 5.92 Å². The number of hydrogen-bond acceptors (Lipinski definition) is 4. The smallest absolute Gasteiger partial charge is 0.335 e. The molecule has 0 unspecified atom stereocenters. The molecule has 0 radical (unpaired) electrons. The Bertz CT molecular complexity index is 501. The number of carbonyl (C=O) groups is 2. The second kappa shape index (κ2) is 4.23. The summed E-state index contributed by atoms with van der Waals surface area (Å²) in [6.07, 6.45) is 0. The molecule has 0 heterocycles. The molecule has 0 bridgehead atoms. The highest BCUT2D eigenvalue weighted by molar-refractivity contribution is 5.93. The molecule has 5 N–H and O–H groups in total. The summed E-state index contributed by atoms with van der Waals surface area (Å²) in [5, 5.41) is 27.3. The van der Waals surface area contributed by atoms with Crippen LogP contribution in [0.4, 0.5) is 0 Å². The number of rotatable bonds is 1. The van der Waals surface area contributed by atoms with E-state index in [0.717, 1.165) is 12.1 Å². The highest BCUT2D eigenvalue weighted by Gasteiger charge is 2.11. The first-order chi connectivity index (χ1) is 7.41. The SMILES string of the molecule is NC(=O)C#Cc1c(O)cc(C(=O)O)cc1O.